The maximum Gasteiger partial charge on any atom is 0.220 e. The van der Waals surface area contributed by atoms with Gasteiger partial charge in [0.15, 0.2) is 0 Å². The largest absolute Gasteiger partial charge is 0.391 e. The summed E-state index contributed by atoms with van der Waals surface area (Å²) in [5.74, 6) is 0.638. The smallest absolute Gasteiger partial charge is 0.220 e. The van der Waals surface area contributed by atoms with Crippen LogP contribution in [0.3, 0.4) is 0 Å². The number of unbranched alkanes of at least 4 members (excludes halogenated alkanes) is 54. The molecule has 0 radical (unpaired) electrons. The van der Waals surface area contributed by atoms with Crippen molar-refractivity contribution < 1.29 is 14.7 Å². The SMILES string of the molecule is CCCCCCCC/C=C\CCCCCCCCCCCC(=O)CCCCCCCCCCCCCCCCCCCCCCCCCCCCCC(=O)NC[C@@H](O)CCCCCCCCCCCCCCCC. The fraction of sp³-hybridized carbons (Fsp3) is 0.943. The Bertz CT molecular complexity index is 1090. The third-order valence-corrected chi connectivity index (χ3v) is 16.5. The fourth-order valence-electron chi connectivity index (χ4n) is 11.2. The van der Waals surface area contributed by atoms with Crippen LogP contribution in [0, 0.1) is 0 Å². The highest BCUT2D eigenvalue weighted by Crippen LogP contribution is 2.19. The zero-order valence-corrected chi connectivity index (χ0v) is 51.0. The van der Waals surface area contributed by atoms with Crippen molar-refractivity contribution in [2.45, 2.75) is 418 Å². The Morgan fingerprint density at radius 2 is 0.514 bits per heavy atom. The molecule has 0 fully saturated rings. The van der Waals surface area contributed by atoms with Crippen molar-refractivity contribution in [2.24, 2.45) is 0 Å². The van der Waals surface area contributed by atoms with E-state index in [1.54, 1.807) is 0 Å². The van der Waals surface area contributed by atoms with E-state index in [1.165, 1.54) is 340 Å². The molecule has 4 nitrogen and oxygen atoms in total. The van der Waals surface area contributed by atoms with Gasteiger partial charge in [-0.05, 0) is 51.4 Å². The molecule has 0 rings (SSSR count). The third-order valence-electron chi connectivity index (χ3n) is 16.5. The summed E-state index contributed by atoms with van der Waals surface area (Å²) in [5.41, 5.74) is 0. The van der Waals surface area contributed by atoms with Crippen LogP contribution >= 0.6 is 0 Å². The van der Waals surface area contributed by atoms with E-state index in [-0.39, 0.29) is 5.91 Å². The molecule has 0 aromatic carbocycles. The van der Waals surface area contributed by atoms with E-state index in [0.29, 0.717) is 18.7 Å². The number of hydrogen-bond donors (Lipinski definition) is 2. The van der Waals surface area contributed by atoms with E-state index < -0.39 is 6.10 Å². The van der Waals surface area contributed by atoms with Gasteiger partial charge in [-0.1, -0.05) is 353 Å². The van der Waals surface area contributed by atoms with Crippen LogP contribution in [-0.4, -0.2) is 29.4 Å². The van der Waals surface area contributed by atoms with Crippen molar-refractivity contribution in [2.75, 3.05) is 6.54 Å². The topological polar surface area (TPSA) is 66.4 Å². The molecule has 2 N–H and O–H groups in total. The Hall–Kier alpha value is -1.16. The van der Waals surface area contributed by atoms with E-state index >= 15 is 0 Å². The number of carbonyl (C=O) groups is 2. The first-order valence-electron chi connectivity index (χ1n) is 34.7. The highest BCUT2D eigenvalue weighted by Gasteiger charge is 2.08. The Balaban J connectivity index is 3.23. The molecule has 0 aromatic rings. The van der Waals surface area contributed by atoms with E-state index in [1.807, 2.05) is 0 Å². The van der Waals surface area contributed by atoms with Gasteiger partial charge in [-0.3, -0.25) is 9.59 Å². The minimum Gasteiger partial charge on any atom is -0.391 e. The lowest BCUT2D eigenvalue weighted by Gasteiger charge is -2.12. The number of rotatable bonds is 66. The van der Waals surface area contributed by atoms with E-state index in [2.05, 4.69) is 31.3 Å². The number of ketones is 1. The molecular formula is C70H137NO3. The molecular weight excluding hydrogens is 903 g/mol. The molecule has 0 bridgehead atoms. The molecule has 0 aliphatic rings. The Morgan fingerprint density at radius 3 is 0.784 bits per heavy atom. The van der Waals surface area contributed by atoms with Crippen LogP contribution in [0.25, 0.3) is 0 Å². The van der Waals surface area contributed by atoms with Gasteiger partial charge in [0.2, 0.25) is 5.91 Å². The first-order chi connectivity index (χ1) is 36.6. The average Bonchev–Trinajstić information content (AvgIpc) is 3.40. The van der Waals surface area contributed by atoms with Gasteiger partial charge in [-0.2, -0.15) is 0 Å². The van der Waals surface area contributed by atoms with Gasteiger partial charge in [-0.25, -0.2) is 0 Å². The molecule has 0 spiro atoms. The standard InChI is InChI=1S/C70H137NO3/c1-3-5-7-9-11-13-15-17-19-20-30-33-36-40-43-47-51-55-59-63-68(72)64-60-56-52-48-44-41-37-34-31-28-26-24-22-21-23-25-27-29-32-35-38-42-46-50-54-58-62-66-70(74)71-67-69(73)65-61-57-53-49-45-39-18-16-14-12-10-8-6-4-2/h17,19,69,73H,3-16,18,20-67H2,1-2H3,(H,71,74)/b19-17-/t69-/m0/s1. The van der Waals surface area contributed by atoms with Crippen molar-refractivity contribution in [3.05, 3.63) is 12.2 Å². The number of aliphatic hydroxyl groups is 1. The normalized spacial score (nSPS) is 12.1. The molecule has 0 unspecified atom stereocenters. The summed E-state index contributed by atoms with van der Waals surface area (Å²) in [6, 6.07) is 0. The van der Waals surface area contributed by atoms with Gasteiger partial charge < -0.3 is 10.4 Å². The molecule has 0 saturated carbocycles. The lowest BCUT2D eigenvalue weighted by molar-refractivity contribution is -0.121. The van der Waals surface area contributed by atoms with Crippen molar-refractivity contribution >= 4 is 11.7 Å². The van der Waals surface area contributed by atoms with Crippen molar-refractivity contribution in [3.8, 4) is 0 Å². The summed E-state index contributed by atoms with van der Waals surface area (Å²) < 4.78 is 0. The monoisotopic (exact) mass is 1040 g/mol. The highest BCUT2D eigenvalue weighted by molar-refractivity contribution is 5.78. The van der Waals surface area contributed by atoms with Crippen molar-refractivity contribution in [3.63, 3.8) is 0 Å². The molecule has 1 amide bonds. The second-order valence-corrected chi connectivity index (χ2v) is 24.2. The number of hydrogen-bond acceptors (Lipinski definition) is 3. The average molecular weight is 1040 g/mol. The van der Waals surface area contributed by atoms with Crippen molar-refractivity contribution in [1.82, 2.24) is 5.32 Å². The van der Waals surface area contributed by atoms with Gasteiger partial charge >= 0.3 is 0 Å². The maximum absolute atomic E-state index is 12.3. The summed E-state index contributed by atoms with van der Waals surface area (Å²) in [6.45, 7) is 5.00. The zero-order chi connectivity index (χ0) is 53.4. The van der Waals surface area contributed by atoms with E-state index in [4.69, 9.17) is 0 Å². The lowest BCUT2D eigenvalue weighted by atomic mass is 10.0. The molecule has 0 aliphatic heterocycles. The quantitative estimate of drug-likeness (QED) is 0.0471. The van der Waals surface area contributed by atoms with Crippen LogP contribution in [0.15, 0.2) is 12.2 Å². The molecule has 1 atom stereocenters. The van der Waals surface area contributed by atoms with Gasteiger partial charge in [0.05, 0.1) is 6.10 Å². The molecule has 74 heavy (non-hydrogen) atoms. The summed E-state index contributed by atoms with van der Waals surface area (Å²) in [4.78, 5) is 24.6. The number of allylic oxidation sites excluding steroid dienone is 2. The number of Topliss-reactive ketones (excluding diaryl/α,β-unsaturated/α-hetero) is 1. The fourth-order valence-corrected chi connectivity index (χ4v) is 11.2. The predicted molar refractivity (Wildman–Crippen MR) is 331 cm³/mol. The number of aliphatic hydroxyl groups excluding tert-OH is 1. The van der Waals surface area contributed by atoms with E-state index in [0.717, 1.165) is 51.4 Å². The third kappa shape index (κ3) is 65.1. The number of amides is 1. The summed E-state index contributed by atoms with van der Waals surface area (Å²) in [6.07, 6.45) is 86.2. The molecule has 0 aliphatic carbocycles. The van der Waals surface area contributed by atoms with Gasteiger partial charge in [0.1, 0.15) is 5.78 Å². The highest BCUT2D eigenvalue weighted by atomic mass is 16.3. The minimum absolute atomic E-state index is 0.117. The van der Waals surface area contributed by atoms with Crippen LogP contribution in [0.5, 0.6) is 0 Å². The van der Waals surface area contributed by atoms with Crippen molar-refractivity contribution in [1.29, 1.82) is 0 Å². The Labute approximate surface area is 466 Å². The number of carbonyl (C=O) groups excluding carboxylic acids is 2. The summed E-state index contributed by atoms with van der Waals surface area (Å²) >= 11 is 0. The molecule has 0 saturated heterocycles. The maximum atomic E-state index is 12.3. The van der Waals surface area contributed by atoms with Gasteiger partial charge in [-0.15, -0.1) is 0 Å². The molecule has 0 heterocycles. The Kier molecular flexibility index (Phi) is 65.1. The second-order valence-electron chi connectivity index (χ2n) is 24.2. The van der Waals surface area contributed by atoms with Crippen LogP contribution < -0.4 is 5.32 Å². The van der Waals surface area contributed by atoms with Gasteiger partial charge in [0.25, 0.3) is 0 Å². The first-order valence-corrected chi connectivity index (χ1v) is 34.7. The van der Waals surface area contributed by atoms with Crippen LogP contribution in [0.1, 0.15) is 412 Å². The van der Waals surface area contributed by atoms with Gasteiger partial charge in [0, 0.05) is 25.8 Å². The predicted octanol–water partition coefficient (Wildman–Crippen LogP) is 23.8. The zero-order valence-electron chi connectivity index (χ0n) is 51.0. The lowest BCUT2D eigenvalue weighted by Crippen LogP contribution is -2.31. The summed E-state index contributed by atoms with van der Waals surface area (Å²) in [5, 5.41) is 13.3. The number of nitrogens with one attached hydrogen (secondary N) is 1. The minimum atomic E-state index is -0.391. The Morgan fingerprint density at radius 1 is 0.297 bits per heavy atom. The van der Waals surface area contributed by atoms with Crippen LogP contribution in [0.2, 0.25) is 0 Å². The van der Waals surface area contributed by atoms with Crippen LogP contribution in [0.4, 0.5) is 0 Å². The molecule has 440 valence electrons. The van der Waals surface area contributed by atoms with E-state index in [9.17, 15) is 14.7 Å². The molecule has 0 aromatic heterocycles. The second kappa shape index (κ2) is 66.1. The molecule has 4 heteroatoms. The first kappa shape index (κ1) is 72.8. The van der Waals surface area contributed by atoms with Crippen LogP contribution in [-0.2, 0) is 9.59 Å². The summed E-state index contributed by atoms with van der Waals surface area (Å²) in [7, 11) is 0.